The number of hydrogen-bond acceptors (Lipinski definition) is 3. The fraction of sp³-hybridized carbons (Fsp3) is 0.250. The maximum Gasteiger partial charge on any atom is 0.0882 e. The number of rotatable bonds is 4. The molecule has 0 radical (unpaired) electrons. The second kappa shape index (κ2) is 5.43. The Morgan fingerprint density at radius 1 is 1.20 bits per heavy atom. The largest absolute Gasteiger partial charge is 0.388 e. The van der Waals surface area contributed by atoms with E-state index >= 15 is 0 Å². The van der Waals surface area contributed by atoms with Gasteiger partial charge in [0.2, 0.25) is 0 Å². The number of nitrogens with zero attached hydrogens (tertiary/aromatic N) is 3. The third kappa shape index (κ3) is 2.42. The molecule has 0 bridgehead atoms. The summed E-state index contributed by atoms with van der Waals surface area (Å²) in [5.41, 5.74) is 3.88. The lowest BCUT2D eigenvalue weighted by atomic mass is 10.1. The Morgan fingerprint density at radius 3 is 2.85 bits per heavy atom. The van der Waals surface area contributed by atoms with Crippen LogP contribution in [0.1, 0.15) is 29.8 Å². The van der Waals surface area contributed by atoms with Crippen LogP contribution in [0.15, 0.2) is 48.9 Å². The van der Waals surface area contributed by atoms with Gasteiger partial charge in [-0.1, -0.05) is 19.1 Å². The lowest BCUT2D eigenvalue weighted by Crippen LogP contribution is -2.03. The van der Waals surface area contributed by atoms with Crippen molar-refractivity contribution in [1.29, 1.82) is 0 Å². The zero-order chi connectivity index (χ0) is 13.9. The average molecular weight is 267 g/mol. The molecule has 0 aromatic carbocycles. The molecule has 0 amide bonds. The molecule has 3 aromatic heterocycles. The van der Waals surface area contributed by atoms with Crippen LogP contribution in [0.3, 0.4) is 0 Å². The van der Waals surface area contributed by atoms with Crippen LogP contribution in [0.4, 0.5) is 0 Å². The first kappa shape index (κ1) is 12.8. The Hall–Kier alpha value is -2.20. The summed E-state index contributed by atoms with van der Waals surface area (Å²) < 4.78 is 1.77. The van der Waals surface area contributed by atoms with Gasteiger partial charge in [0, 0.05) is 30.1 Å². The van der Waals surface area contributed by atoms with E-state index < -0.39 is 6.10 Å². The van der Waals surface area contributed by atoms with Gasteiger partial charge < -0.3 is 5.11 Å². The van der Waals surface area contributed by atoms with Crippen molar-refractivity contribution in [3.63, 3.8) is 0 Å². The highest BCUT2D eigenvalue weighted by atomic mass is 16.3. The second-order valence-electron chi connectivity index (χ2n) is 4.86. The number of fused-ring (bicyclic) bond motifs is 1. The fourth-order valence-corrected chi connectivity index (χ4v) is 2.30. The summed E-state index contributed by atoms with van der Waals surface area (Å²) in [5, 5.41) is 14.6. The van der Waals surface area contributed by atoms with Gasteiger partial charge in [-0.05, 0) is 30.2 Å². The van der Waals surface area contributed by atoms with Crippen LogP contribution in [0, 0.1) is 0 Å². The van der Waals surface area contributed by atoms with Crippen LogP contribution in [0.25, 0.3) is 5.52 Å². The number of pyridine rings is 2. The third-order valence-corrected chi connectivity index (χ3v) is 3.51. The van der Waals surface area contributed by atoms with E-state index in [0.29, 0.717) is 6.42 Å². The van der Waals surface area contributed by atoms with Crippen molar-refractivity contribution in [2.75, 3.05) is 0 Å². The van der Waals surface area contributed by atoms with E-state index in [1.807, 2.05) is 36.7 Å². The molecular formula is C16H17N3O. The molecular weight excluding hydrogens is 250 g/mol. The zero-order valence-corrected chi connectivity index (χ0v) is 11.4. The summed E-state index contributed by atoms with van der Waals surface area (Å²) >= 11 is 0. The average Bonchev–Trinajstić information content (AvgIpc) is 2.92. The van der Waals surface area contributed by atoms with E-state index in [1.54, 1.807) is 10.7 Å². The lowest BCUT2D eigenvalue weighted by Gasteiger charge is -2.09. The van der Waals surface area contributed by atoms with Gasteiger partial charge in [-0.2, -0.15) is 5.10 Å². The Bertz CT molecular complexity index is 703. The molecule has 3 rings (SSSR count). The van der Waals surface area contributed by atoms with Crippen LogP contribution in [0.5, 0.6) is 0 Å². The van der Waals surface area contributed by atoms with Gasteiger partial charge in [0.15, 0.2) is 0 Å². The second-order valence-corrected chi connectivity index (χ2v) is 4.86. The van der Waals surface area contributed by atoms with Crippen molar-refractivity contribution < 1.29 is 5.11 Å². The summed E-state index contributed by atoms with van der Waals surface area (Å²) in [6, 6.07) is 9.86. The molecule has 0 aliphatic rings. The minimum absolute atomic E-state index is 0.500. The monoisotopic (exact) mass is 267 g/mol. The summed E-state index contributed by atoms with van der Waals surface area (Å²) in [6.45, 7) is 2.10. The number of hydrogen-bond donors (Lipinski definition) is 1. The quantitative estimate of drug-likeness (QED) is 0.790. The highest BCUT2D eigenvalue weighted by Gasteiger charge is 2.14. The number of aromatic nitrogens is 3. The first-order chi connectivity index (χ1) is 9.78. The van der Waals surface area contributed by atoms with Crippen molar-refractivity contribution in [1.82, 2.24) is 14.6 Å². The highest BCUT2D eigenvalue weighted by molar-refractivity contribution is 5.54. The van der Waals surface area contributed by atoms with Gasteiger partial charge in [-0.25, -0.2) is 4.52 Å². The van der Waals surface area contributed by atoms with Crippen LogP contribution in [-0.4, -0.2) is 19.7 Å². The molecule has 1 unspecified atom stereocenters. The molecule has 3 aromatic rings. The summed E-state index contributed by atoms with van der Waals surface area (Å²) in [6.07, 6.45) is 6.36. The van der Waals surface area contributed by atoms with Crippen LogP contribution >= 0.6 is 0 Å². The number of aliphatic hydroxyl groups is 1. The smallest absolute Gasteiger partial charge is 0.0882 e. The van der Waals surface area contributed by atoms with Crippen molar-refractivity contribution in [2.24, 2.45) is 0 Å². The molecule has 0 saturated carbocycles. The molecule has 0 spiro atoms. The molecule has 4 heteroatoms. The maximum atomic E-state index is 10.4. The summed E-state index contributed by atoms with van der Waals surface area (Å²) in [7, 11) is 0. The Kier molecular flexibility index (Phi) is 3.48. The van der Waals surface area contributed by atoms with Gasteiger partial charge in [-0.15, -0.1) is 0 Å². The molecule has 0 aliphatic heterocycles. The molecule has 3 heterocycles. The van der Waals surface area contributed by atoms with Crippen LogP contribution in [-0.2, 0) is 12.8 Å². The third-order valence-electron chi connectivity index (χ3n) is 3.51. The Balaban J connectivity index is 1.83. The Labute approximate surface area is 117 Å². The van der Waals surface area contributed by atoms with Crippen molar-refractivity contribution in [3.8, 4) is 0 Å². The molecule has 4 nitrogen and oxygen atoms in total. The first-order valence-corrected chi connectivity index (χ1v) is 6.82. The normalized spacial score (nSPS) is 12.7. The number of aliphatic hydroxyl groups excluding tert-OH is 1. The van der Waals surface area contributed by atoms with Gasteiger partial charge >= 0.3 is 0 Å². The standard InChI is InChI=1S/C16H17N3O/c1-2-12-6-7-13(17-10-12)9-16(20)14-11-18-19-8-4-3-5-15(14)19/h3-8,10-11,16,20H,2,9H2,1H3. The molecule has 0 fully saturated rings. The lowest BCUT2D eigenvalue weighted by molar-refractivity contribution is 0.178. The van der Waals surface area contributed by atoms with Crippen LogP contribution in [0.2, 0.25) is 0 Å². The minimum atomic E-state index is -0.588. The van der Waals surface area contributed by atoms with E-state index in [9.17, 15) is 5.11 Å². The number of aryl methyl sites for hydroxylation is 1. The van der Waals surface area contributed by atoms with Crippen LogP contribution < -0.4 is 0 Å². The molecule has 0 aliphatic carbocycles. The molecule has 1 N–H and O–H groups in total. The highest BCUT2D eigenvalue weighted by Crippen LogP contribution is 2.22. The maximum absolute atomic E-state index is 10.4. The molecule has 20 heavy (non-hydrogen) atoms. The van der Waals surface area contributed by atoms with Gasteiger partial charge in [0.05, 0.1) is 17.8 Å². The first-order valence-electron chi connectivity index (χ1n) is 6.82. The summed E-state index contributed by atoms with van der Waals surface area (Å²) in [4.78, 5) is 4.39. The Morgan fingerprint density at radius 2 is 2.10 bits per heavy atom. The molecule has 0 saturated heterocycles. The van der Waals surface area contributed by atoms with Crippen molar-refractivity contribution in [2.45, 2.75) is 25.9 Å². The van der Waals surface area contributed by atoms with Crippen molar-refractivity contribution in [3.05, 3.63) is 65.7 Å². The van der Waals surface area contributed by atoms with Gasteiger partial charge in [0.25, 0.3) is 0 Å². The molecule has 102 valence electrons. The summed E-state index contributed by atoms with van der Waals surface area (Å²) in [5.74, 6) is 0. The van der Waals surface area contributed by atoms with Crippen molar-refractivity contribution >= 4 is 5.52 Å². The molecule has 1 atom stereocenters. The predicted molar refractivity (Wildman–Crippen MR) is 77.5 cm³/mol. The van der Waals surface area contributed by atoms with E-state index in [2.05, 4.69) is 23.1 Å². The van der Waals surface area contributed by atoms with Gasteiger partial charge in [0.1, 0.15) is 0 Å². The van der Waals surface area contributed by atoms with E-state index in [-0.39, 0.29) is 0 Å². The van der Waals surface area contributed by atoms with E-state index in [1.165, 1.54) is 5.56 Å². The van der Waals surface area contributed by atoms with E-state index in [0.717, 1.165) is 23.2 Å². The van der Waals surface area contributed by atoms with Gasteiger partial charge in [-0.3, -0.25) is 4.98 Å². The minimum Gasteiger partial charge on any atom is -0.388 e. The SMILES string of the molecule is CCc1ccc(CC(O)c2cnn3ccccc23)nc1. The predicted octanol–water partition coefficient (Wildman–Crippen LogP) is 2.57. The fourth-order valence-electron chi connectivity index (χ4n) is 2.30. The topological polar surface area (TPSA) is 50.4 Å². The zero-order valence-electron chi connectivity index (χ0n) is 11.4. The van der Waals surface area contributed by atoms with E-state index in [4.69, 9.17) is 0 Å².